The van der Waals surface area contributed by atoms with Crippen LogP contribution in [-0.2, 0) is 9.53 Å². The van der Waals surface area contributed by atoms with Crippen LogP contribution in [0.15, 0.2) is 0 Å². The van der Waals surface area contributed by atoms with Gasteiger partial charge in [-0.2, -0.15) is 0 Å². The third-order valence-corrected chi connectivity index (χ3v) is 2.45. The number of hydrogen-bond acceptors (Lipinski definition) is 2. The Morgan fingerprint density at radius 2 is 2.00 bits per heavy atom. The molecule has 1 atom stereocenters. The van der Waals surface area contributed by atoms with Crippen LogP contribution in [0.2, 0.25) is 0 Å². The summed E-state index contributed by atoms with van der Waals surface area (Å²) in [5, 5.41) is 0. The van der Waals surface area contributed by atoms with Gasteiger partial charge in [-0.1, -0.05) is 20.3 Å². The lowest BCUT2D eigenvalue weighted by atomic mass is 9.94. The van der Waals surface area contributed by atoms with Crippen molar-refractivity contribution in [3.63, 3.8) is 0 Å². The zero-order valence-corrected chi connectivity index (χ0v) is 9.52. The van der Waals surface area contributed by atoms with Crippen molar-refractivity contribution >= 4 is 5.78 Å². The van der Waals surface area contributed by atoms with Gasteiger partial charge < -0.3 is 4.74 Å². The summed E-state index contributed by atoms with van der Waals surface area (Å²) in [4.78, 5) is 11.5. The zero-order chi connectivity index (χ0) is 10.5. The first kappa shape index (κ1) is 12.6. The fourth-order valence-corrected chi connectivity index (χ4v) is 1.15. The maximum absolute atomic E-state index is 11.5. The molecular formula is C11H22O2. The van der Waals surface area contributed by atoms with Gasteiger partial charge in [-0.3, -0.25) is 4.79 Å². The molecule has 0 radical (unpaired) electrons. The molecule has 78 valence electrons. The van der Waals surface area contributed by atoms with Crippen molar-refractivity contribution in [1.82, 2.24) is 0 Å². The van der Waals surface area contributed by atoms with Gasteiger partial charge in [0.1, 0.15) is 5.78 Å². The molecule has 0 aliphatic rings. The highest BCUT2D eigenvalue weighted by Gasteiger charge is 2.21. The minimum absolute atomic E-state index is 0.301. The summed E-state index contributed by atoms with van der Waals surface area (Å²) in [6.45, 7) is 8.11. The minimum atomic E-state index is -0.301. The molecule has 2 heteroatoms. The van der Waals surface area contributed by atoms with Crippen molar-refractivity contribution in [2.24, 2.45) is 5.92 Å². The molecule has 0 bridgehead atoms. The molecular weight excluding hydrogens is 164 g/mol. The van der Waals surface area contributed by atoms with E-state index in [0.29, 0.717) is 24.5 Å². The van der Waals surface area contributed by atoms with Crippen molar-refractivity contribution in [3.8, 4) is 0 Å². The highest BCUT2D eigenvalue weighted by molar-refractivity contribution is 5.79. The summed E-state index contributed by atoms with van der Waals surface area (Å²) in [7, 11) is 1.65. The third-order valence-electron chi connectivity index (χ3n) is 2.45. The molecule has 0 rings (SSSR count). The number of methoxy groups -OCH3 is 1. The minimum Gasteiger partial charge on any atom is -0.378 e. The normalized spacial score (nSPS) is 14.2. The Bertz CT molecular complexity index is 161. The van der Waals surface area contributed by atoms with E-state index in [9.17, 15) is 4.79 Å². The van der Waals surface area contributed by atoms with E-state index in [-0.39, 0.29) is 5.60 Å². The summed E-state index contributed by atoms with van der Waals surface area (Å²) in [6.07, 6.45) is 2.27. The van der Waals surface area contributed by atoms with Crippen LogP contribution >= 0.6 is 0 Å². The van der Waals surface area contributed by atoms with Gasteiger partial charge in [0.15, 0.2) is 0 Å². The molecule has 0 saturated carbocycles. The largest absolute Gasteiger partial charge is 0.378 e. The van der Waals surface area contributed by atoms with Crippen LogP contribution in [0.1, 0.15) is 47.0 Å². The second-order valence-electron chi connectivity index (χ2n) is 4.40. The van der Waals surface area contributed by atoms with Crippen LogP contribution in [0.3, 0.4) is 0 Å². The number of carbonyl (C=O) groups is 1. The van der Waals surface area contributed by atoms with Gasteiger partial charge in [0.2, 0.25) is 0 Å². The highest BCUT2D eigenvalue weighted by atomic mass is 16.5. The Morgan fingerprint density at radius 3 is 2.38 bits per heavy atom. The van der Waals surface area contributed by atoms with Crippen molar-refractivity contribution in [1.29, 1.82) is 0 Å². The lowest BCUT2D eigenvalue weighted by Crippen LogP contribution is -2.27. The number of Topliss-reactive ketones (excluding diaryl/α,β-unsaturated/α-hetero) is 1. The standard InChI is InChI=1S/C11H22O2/c1-6-9(2)7-10(12)8-11(3,4)13-5/h9H,6-8H2,1-5H3. The SMILES string of the molecule is CCC(C)CC(=O)CC(C)(C)OC. The van der Waals surface area contributed by atoms with Crippen molar-refractivity contribution in [3.05, 3.63) is 0 Å². The van der Waals surface area contributed by atoms with E-state index < -0.39 is 0 Å². The topological polar surface area (TPSA) is 26.3 Å². The van der Waals surface area contributed by atoms with E-state index in [0.717, 1.165) is 6.42 Å². The van der Waals surface area contributed by atoms with Gasteiger partial charge in [0.05, 0.1) is 5.60 Å². The molecule has 0 amide bonds. The summed E-state index contributed by atoms with van der Waals surface area (Å²) < 4.78 is 5.20. The molecule has 0 saturated heterocycles. The molecule has 0 aromatic rings. The van der Waals surface area contributed by atoms with E-state index in [2.05, 4.69) is 13.8 Å². The van der Waals surface area contributed by atoms with Gasteiger partial charge in [0, 0.05) is 20.0 Å². The average Bonchev–Trinajstić information content (AvgIpc) is 2.03. The Morgan fingerprint density at radius 1 is 1.46 bits per heavy atom. The van der Waals surface area contributed by atoms with Crippen molar-refractivity contribution in [2.45, 2.75) is 52.6 Å². The fourth-order valence-electron chi connectivity index (χ4n) is 1.15. The summed E-state index contributed by atoms with van der Waals surface area (Å²) >= 11 is 0. The Kier molecular flexibility index (Phi) is 5.23. The lowest BCUT2D eigenvalue weighted by molar-refractivity contribution is -0.124. The molecule has 0 aromatic carbocycles. The Labute approximate surface area is 81.7 Å². The predicted molar refractivity (Wildman–Crippen MR) is 54.8 cm³/mol. The Hall–Kier alpha value is -0.370. The number of hydrogen-bond donors (Lipinski definition) is 0. The molecule has 1 unspecified atom stereocenters. The molecule has 0 fully saturated rings. The monoisotopic (exact) mass is 186 g/mol. The predicted octanol–water partition coefficient (Wildman–Crippen LogP) is 2.81. The summed E-state index contributed by atoms with van der Waals surface area (Å²) in [6, 6.07) is 0. The second kappa shape index (κ2) is 5.38. The van der Waals surface area contributed by atoms with Gasteiger partial charge >= 0.3 is 0 Å². The molecule has 0 N–H and O–H groups in total. The lowest BCUT2D eigenvalue weighted by Gasteiger charge is -2.22. The highest BCUT2D eigenvalue weighted by Crippen LogP contribution is 2.17. The van der Waals surface area contributed by atoms with E-state index in [1.807, 2.05) is 13.8 Å². The maximum atomic E-state index is 11.5. The van der Waals surface area contributed by atoms with Gasteiger partial charge in [-0.25, -0.2) is 0 Å². The van der Waals surface area contributed by atoms with E-state index in [1.54, 1.807) is 7.11 Å². The number of carbonyl (C=O) groups excluding carboxylic acids is 1. The first-order valence-corrected chi connectivity index (χ1v) is 4.98. The quantitative estimate of drug-likeness (QED) is 0.637. The van der Waals surface area contributed by atoms with Crippen LogP contribution in [0, 0.1) is 5.92 Å². The van der Waals surface area contributed by atoms with Crippen LogP contribution in [0.25, 0.3) is 0 Å². The van der Waals surface area contributed by atoms with E-state index in [1.165, 1.54) is 0 Å². The molecule has 0 spiro atoms. The molecule has 2 nitrogen and oxygen atoms in total. The Balaban J connectivity index is 3.87. The maximum Gasteiger partial charge on any atom is 0.136 e. The van der Waals surface area contributed by atoms with Crippen LogP contribution in [0.4, 0.5) is 0 Å². The second-order valence-corrected chi connectivity index (χ2v) is 4.40. The van der Waals surface area contributed by atoms with Gasteiger partial charge in [-0.15, -0.1) is 0 Å². The van der Waals surface area contributed by atoms with Crippen LogP contribution in [0.5, 0.6) is 0 Å². The number of ketones is 1. The number of rotatable bonds is 6. The van der Waals surface area contributed by atoms with Crippen LogP contribution < -0.4 is 0 Å². The van der Waals surface area contributed by atoms with Crippen molar-refractivity contribution in [2.75, 3.05) is 7.11 Å². The van der Waals surface area contributed by atoms with E-state index >= 15 is 0 Å². The molecule has 13 heavy (non-hydrogen) atoms. The number of ether oxygens (including phenoxy) is 1. The first-order valence-electron chi connectivity index (χ1n) is 4.98. The fraction of sp³-hybridized carbons (Fsp3) is 0.909. The van der Waals surface area contributed by atoms with Crippen LogP contribution in [-0.4, -0.2) is 18.5 Å². The zero-order valence-electron chi connectivity index (χ0n) is 9.52. The molecule has 0 aliphatic carbocycles. The molecule has 0 aliphatic heterocycles. The van der Waals surface area contributed by atoms with E-state index in [4.69, 9.17) is 4.74 Å². The summed E-state index contributed by atoms with van der Waals surface area (Å²) in [5.41, 5.74) is -0.301. The van der Waals surface area contributed by atoms with Gasteiger partial charge in [-0.05, 0) is 19.8 Å². The third kappa shape index (κ3) is 5.81. The molecule has 0 aromatic heterocycles. The molecule has 0 heterocycles. The van der Waals surface area contributed by atoms with Gasteiger partial charge in [0.25, 0.3) is 0 Å². The first-order chi connectivity index (χ1) is 5.91. The van der Waals surface area contributed by atoms with Crippen molar-refractivity contribution < 1.29 is 9.53 Å². The summed E-state index contributed by atoms with van der Waals surface area (Å²) in [5.74, 6) is 0.807. The average molecular weight is 186 g/mol. The smallest absolute Gasteiger partial charge is 0.136 e.